The molecule has 0 atom stereocenters. The van der Waals surface area contributed by atoms with E-state index in [1.807, 2.05) is 6.07 Å². The van der Waals surface area contributed by atoms with Crippen molar-refractivity contribution in [3.63, 3.8) is 0 Å². The number of hydrogen-bond donors (Lipinski definition) is 0. The van der Waals surface area contributed by atoms with Crippen LogP contribution in [0.15, 0.2) is 47.1 Å². The summed E-state index contributed by atoms with van der Waals surface area (Å²) in [5, 5.41) is 0.489. The van der Waals surface area contributed by atoms with Gasteiger partial charge in [-0.3, -0.25) is 4.98 Å². The van der Waals surface area contributed by atoms with Crippen molar-refractivity contribution in [3.05, 3.63) is 63.3 Å². The zero-order valence-electron chi connectivity index (χ0n) is 9.27. The van der Waals surface area contributed by atoms with E-state index in [-0.39, 0.29) is 6.61 Å². The van der Waals surface area contributed by atoms with Gasteiger partial charge in [0.1, 0.15) is 6.61 Å². The zero-order chi connectivity index (χ0) is 13.0. The van der Waals surface area contributed by atoms with Gasteiger partial charge in [0.2, 0.25) is 0 Å². The number of carbonyl (C=O) groups excluding carboxylic acids is 1. The summed E-state index contributed by atoms with van der Waals surface area (Å²) in [6.45, 7) is 0.138. The Labute approximate surface area is 118 Å². The van der Waals surface area contributed by atoms with E-state index in [0.29, 0.717) is 20.8 Å². The molecule has 3 nitrogen and oxygen atoms in total. The molecule has 0 aliphatic rings. The van der Waals surface area contributed by atoms with E-state index < -0.39 is 5.97 Å². The minimum absolute atomic E-state index is 0.138. The third-order valence-corrected chi connectivity index (χ3v) is 3.15. The highest BCUT2D eigenvalue weighted by Gasteiger charge is 2.12. The van der Waals surface area contributed by atoms with Crippen LogP contribution in [0, 0.1) is 0 Å². The molecular weight excluding hydrogens is 318 g/mol. The summed E-state index contributed by atoms with van der Waals surface area (Å²) in [5.74, 6) is -0.435. The van der Waals surface area contributed by atoms with Gasteiger partial charge in [-0.05, 0) is 46.3 Å². The summed E-state index contributed by atoms with van der Waals surface area (Å²) in [7, 11) is 0. The van der Waals surface area contributed by atoms with Gasteiger partial charge < -0.3 is 4.74 Å². The molecule has 0 fully saturated rings. The minimum atomic E-state index is -0.435. The van der Waals surface area contributed by atoms with E-state index >= 15 is 0 Å². The molecule has 1 heterocycles. The molecule has 0 radical (unpaired) electrons. The van der Waals surface area contributed by atoms with Gasteiger partial charge in [0, 0.05) is 15.7 Å². The molecule has 18 heavy (non-hydrogen) atoms. The fourth-order valence-electron chi connectivity index (χ4n) is 1.35. The van der Waals surface area contributed by atoms with Crippen molar-refractivity contribution in [1.29, 1.82) is 0 Å². The Kier molecular flexibility index (Phi) is 4.33. The number of hydrogen-bond acceptors (Lipinski definition) is 3. The summed E-state index contributed by atoms with van der Waals surface area (Å²) in [5.41, 5.74) is 1.10. The number of aromatic nitrogens is 1. The Morgan fingerprint density at radius 1 is 1.33 bits per heavy atom. The van der Waals surface area contributed by atoms with E-state index in [2.05, 4.69) is 20.9 Å². The van der Waals surface area contributed by atoms with Crippen molar-refractivity contribution >= 4 is 33.5 Å². The minimum Gasteiger partial charge on any atom is -0.456 e. The number of pyridine rings is 1. The van der Waals surface area contributed by atoms with Crippen molar-refractivity contribution in [2.45, 2.75) is 6.61 Å². The van der Waals surface area contributed by atoms with Crippen LogP contribution >= 0.6 is 27.5 Å². The largest absolute Gasteiger partial charge is 0.456 e. The van der Waals surface area contributed by atoms with Crippen LogP contribution in [0.2, 0.25) is 5.02 Å². The van der Waals surface area contributed by atoms with Crippen LogP contribution in [0.3, 0.4) is 0 Å². The van der Waals surface area contributed by atoms with E-state index in [9.17, 15) is 4.79 Å². The van der Waals surface area contributed by atoms with Gasteiger partial charge in [-0.25, -0.2) is 4.79 Å². The first-order valence-electron chi connectivity index (χ1n) is 5.19. The highest BCUT2D eigenvalue weighted by atomic mass is 79.9. The summed E-state index contributed by atoms with van der Waals surface area (Å²) < 4.78 is 5.81. The number of rotatable bonds is 3. The number of ether oxygens (including phenoxy) is 1. The normalized spacial score (nSPS) is 10.1. The van der Waals surface area contributed by atoms with E-state index in [1.165, 1.54) is 0 Å². The van der Waals surface area contributed by atoms with Crippen molar-refractivity contribution in [2.75, 3.05) is 0 Å². The second-order valence-corrected chi connectivity index (χ2v) is 4.81. The molecule has 0 spiro atoms. The fraction of sp³-hybridized carbons (Fsp3) is 0.0769. The molecule has 0 N–H and O–H groups in total. The Balaban J connectivity index is 2.06. The fourth-order valence-corrected chi connectivity index (χ4v) is 1.94. The number of esters is 1. The molecule has 1 aromatic heterocycles. The first kappa shape index (κ1) is 13.1. The summed E-state index contributed by atoms with van der Waals surface area (Å²) in [6.07, 6.45) is 1.65. The first-order chi connectivity index (χ1) is 8.66. The van der Waals surface area contributed by atoms with Gasteiger partial charge in [0.25, 0.3) is 0 Å². The molecule has 0 saturated heterocycles. The first-order valence-corrected chi connectivity index (χ1v) is 6.36. The lowest BCUT2D eigenvalue weighted by molar-refractivity contribution is 0.0466. The third kappa shape index (κ3) is 3.31. The molecule has 1 aromatic carbocycles. The highest BCUT2D eigenvalue weighted by molar-refractivity contribution is 9.10. The summed E-state index contributed by atoms with van der Waals surface area (Å²) in [4.78, 5) is 15.9. The molecular formula is C13H9BrClNO2. The quantitative estimate of drug-likeness (QED) is 0.804. The molecule has 0 unspecified atom stereocenters. The standard InChI is InChI=1S/C13H9BrClNO2/c14-12-5-4-9(15)7-11(12)13(17)18-8-10-3-1-2-6-16-10/h1-7H,8H2. The maximum Gasteiger partial charge on any atom is 0.339 e. The van der Waals surface area contributed by atoms with Crippen LogP contribution in [-0.4, -0.2) is 11.0 Å². The van der Waals surface area contributed by atoms with Crippen molar-refractivity contribution in [1.82, 2.24) is 4.98 Å². The number of halogens is 2. The molecule has 0 aliphatic heterocycles. The molecule has 2 rings (SSSR count). The molecule has 5 heteroatoms. The van der Waals surface area contributed by atoms with Gasteiger partial charge in [-0.1, -0.05) is 17.7 Å². The number of carbonyl (C=O) groups is 1. The van der Waals surface area contributed by atoms with Crippen LogP contribution in [0.5, 0.6) is 0 Å². The highest BCUT2D eigenvalue weighted by Crippen LogP contribution is 2.22. The predicted molar refractivity (Wildman–Crippen MR) is 72.5 cm³/mol. The van der Waals surface area contributed by atoms with Gasteiger partial charge in [-0.2, -0.15) is 0 Å². The predicted octanol–water partition coefficient (Wildman–Crippen LogP) is 3.85. The maximum absolute atomic E-state index is 11.9. The summed E-state index contributed by atoms with van der Waals surface area (Å²) in [6, 6.07) is 10.4. The van der Waals surface area contributed by atoms with Crippen molar-refractivity contribution in [3.8, 4) is 0 Å². The Morgan fingerprint density at radius 3 is 2.89 bits per heavy atom. The van der Waals surface area contributed by atoms with Gasteiger partial charge in [0.15, 0.2) is 0 Å². The molecule has 0 saturated carbocycles. The maximum atomic E-state index is 11.9. The van der Waals surface area contributed by atoms with E-state index in [4.69, 9.17) is 16.3 Å². The van der Waals surface area contributed by atoms with E-state index in [1.54, 1.807) is 36.5 Å². The second-order valence-electron chi connectivity index (χ2n) is 3.52. The van der Waals surface area contributed by atoms with Gasteiger partial charge in [-0.15, -0.1) is 0 Å². The molecule has 0 amide bonds. The Morgan fingerprint density at radius 2 is 2.17 bits per heavy atom. The average Bonchev–Trinajstić information content (AvgIpc) is 2.40. The van der Waals surface area contributed by atoms with Crippen LogP contribution in [-0.2, 0) is 11.3 Å². The van der Waals surface area contributed by atoms with Crippen molar-refractivity contribution in [2.24, 2.45) is 0 Å². The van der Waals surface area contributed by atoms with Gasteiger partial charge in [0.05, 0.1) is 11.3 Å². The smallest absolute Gasteiger partial charge is 0.339 e. The van der Waals surface area contributed by atoms with Crippen LogP contribution < -0.4 is 0 Å². The van der Waals surface area contributed by atoms with Crippen LogP contribution in [0.25, 0.3) is 0 Å². The van der Waals surface area contributed by atoms with Gasteiger partial charge >= 0.3 is 5.97 Å². The number of benzene rings is 1. The lowest BCUT2D eigenvalue weighted by atomic mass is 10.2. The molecule has 2 aromatic rings. The van der Waals surface area contributed by atoms with Crippen LogP contribution in [0.1, 0.15) is 16.1 Å². The molecule has 92 valence electrons. The average molecular weight is 327 g/mol. The molecule has 0 bridgehead atoms. The number of nitrogens with zero attached hydrogens (tertiary/aromatic N) is 1. The van der Waals surface area contributed by atoms with Crippen molar-refractivity contribution < 1.29 is 9.53 Å². The second kappa shape index (κ2) is 5.98. The lowest BCUT2D eigenvalue weighted by Gasteiger charge is -2.06. The Bertz CT molecular complexity index is 560. The Hall–Kier alpha value is -1.39. The topological polar surface area (TPSA) is 39.2 Å². The SMILES string of the molecule is O=C(OCc1ccccn1)c1cc(Cl)ccc1Br. The lowest BCUT2D eigenvalue weighted by Crippen LogP contribution is -2.06. The monoisotopic (exact) mass is 325 g/mol. The molecule has 0 aliphatic carbocycles. The van der Waals surface area contributed by atoms with E-state index in [0.717, 1.165) is 0 Å². The van der Waals surface area contributed by atoms with Crippen LogP contribution in [0.4, 0.5) is 0 Å². The third-order valence-electron chi connectivity index (χ3n) is 2.23. The summed E-state index contributed by atoms with van der Waals surface area (Å²) >= 11 is 9.12. The zero-order valence-corrected chi connectivity index (χ0v) is 11.6.